The van der Waals surface area contributed by atoms with E-state index in [2.05, 4.69) is 60.8 Å². The molecule has 2 aromatic rings. The fourth-order valence-corrected chi connectivity index (χ4v) is 1.56. The molecule has 0 aromatic heterocycles. The summed E-state index contributed by atoms with van der Waals surface area (Å²) in [7, 11) is 0. The highest BCUT2D eigenvalue weighted by Gasteiger charge is 1.95. The van der Waals surface area contributed by atoms with Crippen molar-refractivity contribution in [2.45, 2.75) is 27.3 Å². The number of aryl methyl sites for hydroxylation is 1. The van der Waals surface area contributed by atoms with E-state index in [0.717, 1.165) is 6.54 Å². The summed E-state index contributed by atoms with van der Waals surface area (Å²) in [4.78, 5) is 0. The fourth-order valence-electron chi connectivity index (χ4n) is 1.56. The first kappa shape index (κ1) is 13.3. The molecular formula is C16H21N. The Morgan fingerprint density at radius 1 is 0.824 bits per heavy atom. The van der Waals surface area contributed by atoms with E-state index in [1.54, 1.807) is 0 Å². The molecule has 0 aliphatic heterocycles. The fraction of sp³-hybridized carbons (Fsp3) is 0.250. The molecule has 0 aliphatic rings. The van der Waals surface area contributed by atoms with Gasteiger partial charge in [0.25, 0.3) is 0 Å². The predicted octanol–water partition coefficient (Wildman–Crippen LogP) is 4.63. The molecule has 0 aliphatic carbocycles. The molecule has 0 spiro atoms. The lowest BCUT2D eigenvalue weighted by Gasteiger charge is -2.08. The van der Waals surface area contributed by atoms with Crippen molar-refractivity contribution in [3.63, 3.8) is 0 Å². The highest BCUT2D eigenvalue weighted by Crippen LogP contribution is 2.14. The molecule has 0 amide bonds. The Morgan fingerprint density at radius 2 is 1.41 bits per heavy atom. The number of hydrogen-bond donors (Lipinski definition) is 1. The zero-order chi connectivity index (χ0) is 12.5. The lowest BCUT2D eigenvalue weighted by atomic mass is 10.2. The second-order valence-electron chi connectivity index (χ2n) is 3.65. The maximum Gasteiger partial charge on any atom is 0.0400 e. The highest BCUT2D eigenvalue weighted by molar-refractivity contribution is 5.50. The summed E-state index contributed by atoms with van der Waals surface area (Å²) in [5.41, 5.74) is 3.80. The van der Waals surface area contributed by atoms with Crippen molar-refractivity contribution >= 4 is 5.69 Å². The summed E-state index contributed by atoms with van der Waals surface area (Å²) in [5.74, 6) is 0. The molecule has 17 heavy (non-hydrogen) atoms. The van der Waals surface area contributed by atoms with Crippen LogP contribution in [0.2, 0.25) is 0 Å². The van der Waals surface area contributed by atoms with Crippen LogP contribution in [0.4, 0.5) is 5.69 Å². The Hall–Kier alpha value is -1.76. The van der Waals surface area contributed by atoms with Gasteiger partial charge in [0.15, 0.2) is 0 Å². The normalized spacial score (nSPS) is 9.12. The Balaban J connectivity index is 0.000000686. The predicted molar refractivity (Wildman–Crippen MR) is 76.3 cm³/mol. The van der Waals surface area contributed by atoms with Gasteiger partial charge in [0, 0.05) is 12.2 Å². The minimum absolute atomic E-state index is 0.881. The van der Waals surface area contributed by atoms with Crippen LogP contribution in [0, 0.1) is 6.92 Å². The van der Waals surface area contributed by atoms with Gasteiger partial charge in [0.2, 0.25) is 0 Å². The van der Waals surface area contributed by atoms with Crippen molar-refractivity contribution < 1.29 is 0 Å². The van der Waals surface area contributed by atoms with E-state index >= 15 is 0 Å². The first-order chi connectivity index (χ1) is 8.36. The van der Waals surface area contributed by atoms with Gasteiger partial charge in [0.05, 0.1) is 0 Å². The Labute approximate surface area is 105 Å². The van der Waals surface area contributed by atoms with Gasteiger partial charge in [0.1, 0.15) is 0 Å². The van der Waals surface area contributed by atoms with Gasteiger partial charge in [-0.1, -0.05) is 62.4 Å². The molecule has 0 saturated heterocycles. The first-order valence-electron chi connectivity index (χ1n) is 6.20. The Kier molecular flexibility index (Phi) is 5.87. The zero-order valence-electron chi connectivity index (χ0n) is 10.9. The van der Waals surface area contributed by atoms with Crippen LogP contribution < -0.4 is 5.32 Å². The Bertz CT molecular complexity index is 421. The van der Waals surface area contributed by atoms with Crippen LogP contribution in [-0.2, 0) is 6.54 Å². The number of hydrogen-bond acceptors (Lipinski definition) is 1. The monoisotopic (exact) mass is 227 g/mol. The van der Waals surface area contributed by atoms with E-state index in [1.165, 1.54) is 16.8 Å². The van der Waals surface area contributed by atoms with Crippen LogP contribution in [0.5, 0.6) is 0 Å². The van der Waals surface area contributed by atoms with Gasteiger partial charge in [-0.25, -0.2) is 0 Å². The number of nitrogens with one attached hydrogen (secondary N) is 1. The van der Waals surface area contributed by atoms with Gasteiger partial charge in [-0.15, -0.1) is 0 Å². The van der Waals surface area contributed by atoms with Gasteiger partial charge in [-0.05, 0) is 24.1 Å². The minimum Gasteiger partial charge on any atom is -0.381 e. The molecule has 0 unspecified atom stereocenters. The lowest BCUT2D eigenvalue weighted by molar-refractivity contribution is 1.14. The lowest BCUT2D eigenvalue weighted by Crippen LogP contribution is -2.00. The SMILES string of the molecule is CC.Cc1ccccc1NCc1ccccc1. The van der Waals surface area contributed by atoms with Crippen molar-refractivity contribution in [1.29, 1.82) is 0 Å². The second kappa shape index (κ2) is 7.50. The van der Waals surface area contributed by atoms with E-state index in [1.807, 2.05) is 19.9 Å². The standard InChI is InChI=1S/C14H15N.C2H6/c1-12-7-5-6-10-14(12)15-11-13-8-3-2-4-9-13;1-2/h2-10,15H,11H2,1H3;1-2H3. The third-order valence-electron chi connectivity index (χ3n) is 2.47. The average molecular weight is 227 g/mol. The number of anilines is 1. The summed E-state index contributed by atoms with van der Waals surface area (Å²) < 4.78 is 0. The van der Waals surface area contributed by atoms with Crippen LogP contribution in [0.15, 0.2) is 54.6 Å². The van der Waals surface area contributed by atoms with Gasteiger partial charge in [-0.3, -0.25) is 0 Å². The molecule has 2 aromatic carbocycles. The summed E-state index contributed by atoms with van der Waals surface area (Å²) in [6, 6.07) is 18.8. The number of benzene rings is 2. The third-order valence-corrected chi connectivity index (χ3v) is 2.47. The van der Waals surface area contributed by atoms with E-state index in [-0.39, 0.29) is 0 Å². The summed E-state index contributed by atoms with van der Waals surface area (Å²) >= 11 is 0. The average Bonchev–Trinajstić information content (AvgIpc) is 2.41. The van der Waals surface area contributed by atoms with Crippen molar-refractivity contribution in [3.05, 3.63) is 65.7 Å². The quantitative estimate of drug-likeness (QED) is 0.806. The minimum atomic E-state index is 0.881. The highest BCUT2D eigenvalue weighted by atomic mass is 14.9. The molecule has 0 fully saturated rings. The van der Waals surface area contributed by atoms with Crippen molar-refractivity contribution in [1.82, 2.24) is 0 Å². The van der Waals surface area contributed by atoms with Crippen LogP contribution in [0.3, 0.4) is 0 Å². The van der Waals surface area contributed by atoms with Gasteiger partial charge >= 0.3 is 0 Å². The molecule has 0 atom stereocenters. The summed E-state index contributed by atoms with van der Waals surface area (Å²) in [5, 5.41) is 3.43. The first-order valence-corrected chi connectivity index (χ1v) is 6.20. The van der Waals surface area contributed by atoms with Crippen LogP contribution in [0.25, 0.3) is 0 Å². The van der Waals surface area contributed by atoms with E-state index in [0.29, 0.717) is 0 Å². The maximum absolute atomic E-state index is 3.43. The van der Waals surface area contributed by atoms with Crippen LogP contribution in [-0.4, -0.2) is 0 Å². The molecule has 1 nitrogen and oxygen atoms in total. The van der Waals surface area contributed by atoms with Crippen molar-refractivity contribution in [2.75, 3.05) is 5.32 Å². The van der Waals surface area contributed by atoms with Crippen molar-refractivity contribution in [2.24, 2.45) is 0 Å². The topological polar surface area (TPSA) is 12.0 Å². The number of rotatable bonds is 3. The van der Waals surface area contributed by atoms with Gasteiger partial charge in [-0.2, -0.15) is 0 Å². The molecule has 0 radical (unpaired) electrons. The third kappa shape index (κ3) is 4.31. The van der Waals surface area contributed by atoms with Crippen LogP contribution >= 0.6 is 0 Å². The second-order valence-corrected chi connectivity index (χ2v) is 3.65. The molecule has 0 saturated carbocycles. The van der Waals surface area contributed by atoms with Gasteiger partial charge < -0.3 is 5.32 Å². The molecule has 2 rings (SSSR count). The summed E-state index contributed by atoms with van der Waals surface area (Å²) in [6.45, 7) is 7.00. The summed E-state index contributed by atoms with van der Waals surface area (Å²) in [6.07, 6.45) is 0. The molecule has 90 valence electrons. The molecule has 1 heteroatoms. The van der Waals surface area contributed by atoms with Crippen molar-refractivity contribution in [3.8, 4) is 0 Å². The molecule has 1 N–H and O–H groups in total. The molecule has 0 heterocycles. The maximum atomic E-state index is 3.43. The Morgan fingerprint density at radius 3 is 2.06 bits per heavy atom. The zero-order valence-corrected chi connectivity index (χ0v) is 10.9. The van der Waals surface area contributed by atoms with E-state index in [9.17, 15) is 0 Å². The van der Waals surface area contributed by atoms with E-state index < -0.39 is 0 Å². The smallest absolute Gasteiger partial charge is 0.0400 e. The van der Waals surface area contributed by atoms with Crippen LogP contribution in [0.1, 0.15) is 25.0 Å². The van der Waals surface area contributed by atoms with E-state index in [4.69, 9.17) is 0 Å². The molecule has 0 bridgehead atoms. The number of para-hydroxylation sites is 1. The molecular weight excluding hydrogens is 206 g/mol. The largest absolute Gasteiger partial charge is 0.381 e.